The van der Waals surface area contributed by atoms with Gasteiger partial charge in [-0.3, -0.25) is 0 Å². The summed E-state index contributed by atoms with van der Waals surface area (Å²) in [6, 6.07) is 3.76. The summed E-state index contributed by atoms with van der Waals surface area (Å²) < 4.78 is 27.3. The van der Waals surface area contributed by atoms with Gasteiger partial charge in [-0.15, -0.1) is 0 Å². The number of aromatic carboxylic acids is 1. The lowest BCUT2D eigenvalue weighted by Crippen LogP contribution is -2.36. The Hall–Kier alpha value is -1.15. The van der Waals surface area contributed by atoms with Crippen molar-refractivity contribution < 1.29 is 18.3 Å². The topological polar surface area (TPSA) is 77.9 Å². The van der Waals surface area contributed by atoms with E-state index in [-0.39, 0.29) is 21.4 Å². The van der Waals surface area contributed by atoms with Gasteiger partial charge in [0.2, 0.25) is 10.0 Å². The Morgan fingerprint density at radius 2 is 2.12 bits per heavy atom. The van der Waals surface area contributed by atoms with Crippen molar-refractivity contribution >= 4 is 27.6 Å². The molecule has 134 valence electrons. The molecule has 0 spiro atoms. The molecule has 2 rings (SSSR count). The molecule has 0 aliphatic carbocycles. The maximum Gasteiger partial charge on any atom is 0.335 e. The normalized spacial score (nSPS) is 19.1. The van der Waals surface area contributed by atoms with E-state index < -0.39 is 16.0 Å². The second-order valence-electron chi connectivity index (χ2n) is 5.95. The third kappa shape index (κ3) is 4.08. The first-order chi connectivity index (χ1) is 11.3. The first kappa shape index (κ1) is 19.2. The average Bonchev–Trinajstić information content (AvgIpc) is 3.00. The van der Waals surface area contributed by atoms with E-state index in [2.05, 4.69) is 11.8 Å². The van der Waals surface area contributed by atoms with Gasteiger partial charge in [-0.1, -0.05) is 25.4 Å². The molecule has 0 aromatic heterocycles. The summed E-state index contributed by atoms with van der Waals surface area (Å²) in [5.41, 5.74) is -0.0907. The fraction of sp³-hybridized carbons (Fsp3) is 0.562. The molecule has 0 saturated carbocycles. The first-order valence-corrected chi connectivity index (χ1v) is 9.86. The van der Waals surface area contributed by atoms with Crippen LogP contribution in [0.4, 0.5) is 0 Å². The third-order valence-corrected chi connectivity index (χ3v) is 6.85. The number of rotatable bonds is 7. The lowest BCUT2D eigenvalue weighted by Gasteiger charge is -2.24. The summed E-state index contributed by atoms with van der Waals surface area (Å²) >= 11 is 6.04. The first-order valence-electron chi connectivity index (χ1n) is 8.04. The molecule has 0 bridgehead atoms. The van der Waals surface area contributed by atoms with Crippen LogP contribution in [0.5, 0.6) is 0 Å². The van der Waals surface area contributed by atoms with Crippen LogP contribution in [0.1, 0.15) is 30.6 Å². The SMILES string of the molecule is CCN1CCC(CN(CC)S(=O)(=O)c2cc(C(=O)O)ccc2Cl)C1. The number of carbonyl (C=O) groups is 1. The van der Waals surface area contributed by atoms with Crippen LogP contribution in [0.15, 0.2) is 23.1 Å². The smallest absolute Gasteiger partial charge is 0.335 e. The van der Waals surface area contributed by atoms with Crippen LogP contribution in [0, 0.1) is 5.92 Å². The van der Waals surface area contributed by atoms with Crippen LogP contribution < -0.4 is 0 Å². The molecule has 1 saturated heterocycles. The molecule has 8 heteroatoms. The zero-order valence-corrected chi connectivity index (χ0v) is 15.5. The quantitative estimate of drug-likeness (QED) is 0.792. The summed E-state index contributed by atoms with van der Waals surface area (Å²) in [7, 11) is -3.83. The van der Waals surface area contributed by atoms with Gasteiger partial charge < -0.3 is 10.0 Å². The number of hydrogen-bond acceptors (Lipinski definition) is 4. The van der Waals surface area contributed by atoms with Crippen molar-refractivity contribution in [1.82, 2.24) is 9.21 Å². The minimum Gasteiger partial charge on any atom is -0.478 e. The Balaban J connectivity index is 2.27. The lowest BCUT2D eigenvalue weighted by molar-refractivity contribution is 0.0696. The van der Waals surface area contributed by atoms with E-state index in [9.17, 15) is 13.2 Å². The summed E-state index contributed by atoms with van der Waals surface area (Å²) in [5, 5.41) is 9.13. The summed E-state index contributed by atoms with van der Waals surface area (Å²) in [6.45, 7) is 7.43. The number of benzene rings is 1. The minimum absolute atomic E-state index is 0.0417. The Kier molecular flexibility index (Phi) is 6.25. The molecule has 0 amide bonds. The zero-order chi connectivity index (χ0) is 17.9. The molecule has 1 aromatic rings. The third-order valence-electron chi connectivity index (χ3n) is 4.43. The van der Waals surface area contributed by atoms with Gasteiger partial charge in [0.05, 0.1) is 10.6 Å². The van der Waals surface area contributed by atoms with Crippen molar-refractivity contribution in [2.24, 2.45) is 5.92 Å². The Labute approximate surface area is 148 Å². The maximum atomic E-state index is 12.9. The molecule has 1 unspecified atom stereocenters. The summed E-state index contributed by atoms with van der Waals surface area (Å²) in [4.78, 5) is 13.3. The van der Waals surface area contributed by atoms with Crippen LogP contribution in [0.2, 0.25) is 5.02 Å². The molecule has 6 nitrogen and oxygen atoms in total. The van der Waals surface area contributed by atoms with E-state index in [1.54, 1.807) is 6.92 Å². The summed E-state index contributed by atoms with van der Waals surface area (Å²) in [5.74, 6) is -0.901. The van der Waals surface area contributed by atoms with Gasteiger partial charge >= 0.3 is 5.97 Å². The van der Waals surface area contributed by atoms with E-state index in [0.717, 1.165) is 32.1 Å². The second-order valence-corrected chi connectivity index (χ2v) is 8.27. The highest BCUT2D eigenvalue weighted by molar-refractivity contribution is 7.89. The molecular formula is C16H23ClN2O4S. The highest BCUT2D eigenvalue weighted by atomic mass is 35.5. The van der Waals surface area contributed by atoms with Gasteiger partial charge in [-0.2, -0.15) is 4.31 Å². The molecule has 1 aliphatic rings. The van der Waals surface area contributed by atoms with E-state index >= 15 is 0 Å². The largest absolute Gasteiger partial charge is 0.478 e. The average molecular weight is 375 g/mol. The molecule has 1 aliphatic heterocycles. The molecule has 0 radical (unpaired) electrons. The fourth-order valence-corrected chi connectivity index (χ4v) is 5.03. The highest BCUT2D eigenvalue weighted by Crippen LogP contribution is 2.27. The highest BCUT2D eigenvalue weighted by Gasteiger charge is 2.31. The van der Waals surface area contributed by atoms with Gasteiger partial charge in [-0.25, -0.2) is 13.2 Å². The maximum absolute atomic E-state index is 12.9. The fourth-order valence-electron chi connectivity index (χ4n) is 3.01. The number of likely N-dealkylation sites (tertiary alicyclic amines) is 1. The predicted molar refractivity (Wildman–Crippen MR) is 93.1 cm³/mol. The van der Waals surface area contributed by atoms with Gasteiger partial charge in [0.1, 0.15) is 4.90 Å². The van der Waals surface area contributed by atoms with Crippen LogP contribution >= 0.6 is 11.6 Å². The summed E-state index contributed by atoms with van der Waals surface area (Å²) in [6.07, 6.45) is 0.961. The van der Waals surface area contributed by atoms with Crippen LogP contribution in [-0.2, 0) is 10.0 Å². The van der Waals surface area contributed by atoms with Crippen LogP contribution in [0.25, 0.3) is 0 Å². The monoisotopic (exact) mass is 374 g/mol. The number of carboxylic acid groups (broad SMARTS) is 1. The van der Waals surface area contributed by atoms with Crippen molar-refractivity contribution in [3.63, 3.8) is 0 Å². The predicted octanol–water partition coefficient (Wildman–Crippen LogP) is 2.39. The van der Waals surface area contributed by atoms with E-state index in [0.29, 0.717) is 13.1 Å². The van der Waals surface area contributed by atoms with E-state index in [1.165, 1.54) is 16.4 Å². The number of hydrogen-bond donors (Lipinski definition) is 1. The Morgan fingerprint density at radius 3 is 2.67 bits per heavy atom. The zero-order valence-electron chi connectivity index (χ0n) is 13.9. The Bertz CT molecular complexity index is 708. The standard InChI is InChI=1S/C16H23ClN2O4S/c1-3-18-8-7-12(10-18)11-19(4-2)24(22,23)15-9-13(16(20)21)5-6-14(15)17/h5-6,9,12H,3-4,7-8,10-11H2,1-2H3,(H,20,21). The molecule has 24 heavy (non-hydrogen) atoms. The number of nitrogens with zero attached hydrogens (tertiary/aromatic N) is 2. The number of sulfonamides is 1. The van der Waals surface area contributed by atoms with Crippen molar-refractivity contribution in [1.29, 1.82) is 0 Å². The van der Waals surface area contributed by atoms with Crippen molar-refractivity contribution in [3.8, 4) is 0 Å². The molecule has 1 atom stereocenters. The van der Waals surface area contributed by atoms with Crippen molar-refractivity contribution in [2.75, 3.05) is 32.7 Å². The van der Waals surface area contributed by atoms with Gasteiger partial charge in [0.15, 0.2) is 0 Å². The van der Waals surface area contributed by atoms with Gasteiger partial charge in [-0.05, 0) is 43.6 Å². The van der Waals surface area contributed by atoms with E-state index in [1.807, 2.05) is 0 Å². The van der Waals surface area contributed by atoms with Gasteiger partial charge in [0, 0.05) is 19.6 Å². The van der Waals surface area contributed by atoms with Gasteiger partial charge in [0.25, 0.3) is 0 Å². The minimum atomic E-state index is -3.83. The van der Waals surface area contributed by atoms with E-state index in [4.69, 9.17) is 16.7 Å². The van der Waals surface area contributed by atoms with Crippen LogP contribution in [-0.4, -0.2) is 61.4 Å². The molecular weight excluding hydrogens is 352 g/mol. The number of carboxylic acids is 1. The number of halogens is 1. The van der Waals surface area contributed by atoms with Crippen molar-refractivity contribution in [2.45, 2.75) is 25.2 Å². The molecule has 1 N–H and O–H groups in total. The van der Waals surface area contributed by atoms with Crippen LogP contribution in [0.3, 0.4) is 0 Å². The van der Waals surface area contributed by atoms with Crippen molar-refractivity contribution in [3.05, 3.63) is 28.8 Å². The lowest BCUT2D eigenvalue weighted by atomic mass is 10.1. The molecule has 1 fully saturated rings. The Morgan fingerprint density at radius 1 is 1.42 bits per heavy atom. The molecule has 1 aromatic carbocycles. The second kappa shape index (κ2) is 7.82. The molecule has 1 heterocycles.